The highest BCUT2D eigenvalue weighted by atomic mass is 15.0. The van der Waals surface area contributed by atoms with Crippen molar-refractivity contribution < 1.29 is 0 Å². The summed E-state index contributed by atoms with van der Waals surface area (Å²) in [5.41, 5.74) is 11.1. The first-order valence-corrected chi connectivity index (χ1v) is 7.24. The van der Waals surface area contributed by atoms with Gasteiger partial charge < -0.3 is 10.3 Å². The molecule has 0 aliphatic carbocycles. The van der Waals surface area contributed by atoms with Crippen molar-refractivity contribution in [3.63, 3.8) is 0 Å². The third kappa shape index (κ3) is 3.06. The minimum absolute atomic E-state index is 0.255. The summed E-state index contributed by atoms with van der Waals surface area (Å²) in [6, 6.07) is 8.11. The van der Waals surface area contributed by atoms with Crippen LogP contribution in [0.4, 0.5) is 5.95 Å². The molecule has 0 atom stereocenters. The smallest absolute Gasteiger partial charge is 0.220 e. The van der Waals surface area contributed by atoms with Gasteiger partial charge in [-0.25, -0.2) is 15.0 Å². The van der Waals surface area contributed by atoms with Gasteiger partial charge >= 0.3 is 0 Å². The molecule has 0 spiro atoms. The summed E-state index contributed by atoms with van der Waals surface area (Å²) in [6.07, 6.45) is 3.45. The average Bonchev–Trinajstić information content (AvgIpc) is 2.91. The van der Waals surface area contributed by atoms with Gasteiger partial charge in [0.25, 0.3) is 0 Å². The highest BCUT2D eigenvalue weighted by molar-refractivity contribution is 5.70. The molecule has 0 fully saturated rings. The first-order valence-electron chi connectivity index (χ1n) is 7.24. The minimum atomic E-state index is 0.255. The van der Waals surface area contributed by atoms with E-state index in [1.165, 1.54) is 0 Å². The zero-order valence-corrected chi connectivity index (χ0v) is 13.3. The summed E-state index contributed by atoms with van der Waals surface area (Å²) in [4.78, 5) is 12.7. The molecule has 1 aromatic carbocycles. The molecule has 0 amide bonds. The summed E-state index contributed by atoms with van der Waals surface area (Å²) in [5, 5.41) is 0. The fourth-order valence-corrected chi connectivity index (χ4v) is 2.35. The monoisotopic (exact) mass is 303 g/mol. The lowest BCUT2D eigenvalue weighted by molar-refractivity contribution is 0.899. The zero-order valence-electron chi connectivity index (χ0n) is 13.3. The topological polar surface area (TPSA) is 69.6 Å². The predicted molar refractivity (Wildman–Crippen MR) is 90.5 cm³/mol. The molecule has 3 rings (SSSR count). The van der Waals surface area contributed by atoms with Crippen LogP contribution in [0.2, 0.25) is 0 Å². The van der Waals surface area contributed by atoms with Gasteiger partial charge in [0.1, 0.15) is 5.69 Å². The highest BCUT2D eigenvalue weighted by Crippen LogP contribution is 2.24. The second kappa shape index (κ2) is 5.93. The van der Waals surface area contributed by atoms with Gasteiger partial charge in [0, 0.05) is 12.6 Å². The summed E-state index contributed by atoms with van der Waals surface area (Å²) in [6.45, 7) is 3.94. The van der Waals surface area contributed by atoms with Crippen molar-refractivity contribution in [3.8, 4) is 23.1 Å². The number of nitrogens with two attached hydrogens (primary N) is 1. The zero-order chi connectivity index (χ0) is 16.4. The third-order valence-electron chi connectivity index (χ3n) is 3.53. The number of rotatable bonds is 1. The minimum Gasteiger partial charge on any atom is -0.368 e. The van der Waals surface area contributed by atoms with Gasteiger partial charge in [0.15, 0.2) is 0 Å². The normalized spacial score (nSPS) is 10.2. The van der Waals surface area contributed by atoms with E-state index in [1.54, 1.807) is 12.5 Å². The van der Waals surface area contributed by atoms with E-state index in [0.717, 1.165) is 33.8 Å². The van der Waals surface area contributed by atoms with Crippen LogP contribution in [0.3, 0.4) is 0 Å². The molecule has 23 heavy (non-hydrogen) atoms. The van der Waals surface area contributed by atoms with E-state index in [2.05, 4.69) is 32.9 Å². The fraction of sp³-hybridized carbons (Fsp3) is 0.167. The van der Waals surface area contributed by atoms with Gasteiger partial charge in [-0.3, -0.25) is 0 Å². The molecule has 0 radical (unpaired) electrons. The van der Waals surface area contributed by atoms with Crippen LogP contribution in [0.1, 0.15) is 22.5 Å². The lowest BCUT2D eigenvalue weighted by Gasteiger charge is -2.08. The lowest BCUT2D eigenvalue weighted by Crippen LogP contribution is -2.03. The Morgan fingerprint density at radius 1 is 1.13 bits per heavy atom. The van der Waals surface area contributed by atoms with Crippen molar-refractivity contribution in [1.82, 2.24) is 19.5 Å². The number of hydrogen-bond donors (Lipinski definition) is 1. The molecule has 0 saturated carbocycles. The van der Waals surface area contributed by atoms with Gasteiger partial charge in [-0.1, -0.05) is 29.7 Å². The van der Waals surface area contributed by atoms with Gasteiger partial charge in [0.2, 0.25) is 5.95 Å². The lowest BCUT2D eigenvalue weighted by atomic mass is 10.0. The summed E-state index contributed by atoms with van der Waals surface area (Å²) in [5.74, 6) is 6.56. The van der Waals surface area contributed by atoms with Crippen molar-refractivity contribution in [2.24, 2.45) is 7.05 Å². The Balaban J connectivity index is 2.17. The van der Waals surface area contributed by atoms with E-state index < -0.39 is 0 Å². The fourth-order valence-electron chi connectivity index (χ4n) is 2.35. The van der Waals surface area contributed by atoms with Crippen molar-refractivity contribution >= 4 is 5.95 Å². The standard InChI is InChI=1S/C18H17N5/c1-12-5-4-6-14(9-12)17-16(13(2)21-18(19)22-17)8-7-15-10-20-11-23(15)3/h4-6,9-11H,1-3H3,(H2,19,21,22). The van der Waals surface area contributed by atoms with Gasteiger partial charge in [-0.2, -0.15) is 0 Å². The van der Waals surface area contributed by atoms with E-state index >= 15 is 0 Å². The molecule has 0 unspecified atom stereocenters. The molecule has 5 heteroatoms. The molecule has 2 N–H and O–H groups in total. The van der Waals surface area contributed by atoms with E-state index in [4.69, 9.17) is 5.73 Å². The predicted octanol–water partition coefficient (Wildman–Crippen LogP) is 2.48. The van der Waals surface area contributed by atoms with Crippen molar-refractivity contribution in [3.05, 3.63) is 59.3 Å². The SMILES string of the molecule is Cc1cccc(-c2nc(N)nc(C)c2C#Cc2cncn2C)c1. The Kier molecular flexibility index (Phi) is 3.82. The van der Waals surface area contributed by atoms with E-state index in [-0.39, 0.29) is 5.95 Å². The second-order valence-corrected chi connectivity index (χ2v) is 5.40. The second-order valence-electron chi connectivity index (χ2n) is 5.40. The summed E-state index contributed by atoms with van der Waals surface area (Å²) in [7, 11) is 1.91. The van der Waals surface area contributed by atoms with E-state index in [9.17, 15) is 0 Å². The molecule has 0 aliphatic heterocycles. The first-order chi connectivity index (χ1) is 11.0. The van der Waals surface area contributed by atoms with Gasteiger partial charge in [0.05, 0.1) is 29.5 Å². The first kappa shape index (κ1) is 14.8. The molecule has 5 nitrogen and oxygen atoms in total. The molecular weight excluding hydrogens is 286 g/mol. The molecule has 2 heterocycles. The quantitative estimate of drug-likeness (QED) is 0.701. The molecule has 0 saturated heterocycles. The van der Waals surface area contributed by atoms with Crippen LogP contribution in [0.5, 0.6) is 0 Å². The molecule has 0 bridgehead atoms. The van der Waals surface area contributed by atoms with Gasteiger partial charge in [-0.05, 0) is 25.8 Å². The number of hydrogen-bond acceptors (Lipinski definition) is 4. The number of aromatic nitrogens is 4. The van der Waals surface area contributed by atoms with Gasteiger partial charge in [-0.15, -0.1) is 0 Å². The van der Waals surface area contributed by atoms with Crippen LogP contribution in [0, 0.1) is 25.7 Å². The molecule has 0 aliphatic rings. The van der Waals surface area contributed by atoms with Crippen LogP contribution in [-0.4, -0.2) is 19.5 Å². The number of benzene rings is 1. The van der Waals surface area contributed by atoms with Crippen molar-refractivity contribution in [2.75, 3.05) is 5.73 Å². The molecule has 114 valence electrons. The molecule has 3 aromatic rings. The van der Waals surface area contributed by atoms with E-state index in [0.29, 0.717) is 0 Å². The summed E-state index contributed by atoms with van der Waals surface area (Å²) >= 11 is 0. The maximum absolute atomic E-state index is 5.83. The Bertz CT molecular complexity index is 928. The Morgan fingerprint density at radius 3 is 2.65 bits per heavy atom. The van der Waals surface area contributed by atoms with Crippen LogP contribution in [-0.2, 0) is 7.05 Å². The number of imidazole rings is 1. The number of nitrogen functional groups attached to an aromatic ring is 1. The number of aryl methyl sites for hydroxylation is 3. The summed E-state index contributed by atoms with van der Waals surface area (Å²) < 4.78 is 1.87. The number of anilines is 1. The molecule has 2 aromatic heterocycles. The maximum Gasteiger partial charge on any atom is 0.220 e. The van der Waals surface area contributed by atoms with Crippen molar-refractivity contribution in [2.45, 2.75) is 13.8 Å². The van der Waals surface area contributed by atoms with Crippen LogP contribution < -0.4 is 5.73 Å². The van der Waals surface area contributed by atoms with E-state index in [1.807, 2.05) is 43.7 Å². The molecular formula is C18H17N5. The maximum atomic E-state index is 5.83. The van der Waals surface area contributed by atoms with Crippen LogP contribution in [0.25, 0.3) is 11.3 Å². The third-order valence-corrected chi connectivity index (χ3v) is 3.53. The van der Waals surface area contributed by atoms with Crippen LogP contribution >= 0.6 is 0 Å². The van der Waals surface area contributed by atoms with Crippen molar-refractivity contribution in [1.29, 1.82) is 0 Å². The highest BCUT2D eigenvalue weighted by Gasteiger charge is 2.11. The Morgan fingerprint density at radius 2 is 1.96 bits per heavy atom. The Labute approximate surface area is 135 Å². The van der Waals surface area contributed by atoms with Crippen LogP contribution in [0.15, 0.2) is 36.8 Å². The number of nitrogens with zero attached hydrogens (tertiary/aromatic N) is 4. The largest absolute Gasteiger partial charge is 0.368 e. The average molecular weight is 303 g/mol. The Hall–Kier alpha value is -3.13.